The summed E-state index contributed by atoms with van der Waals surface area (Å²) in [6.45, 7) is 3.71. The Balaban J connectivity index is 1.38. The van der Waals surface area contributed by atoms with E-state index in [1.54, 1.807) is 11.3 Å². The number of fused-ring (bicyclic) bond motifs is 1. The molecule has 3 aromatic rings. The third-order valence-corrected chi connectivity index (χ3v) is 6.30. The van der Waals surface area contributed by atoms with E-state index in [-0.39, 0.29) is 24.3 Å². The third-order valence-electron chi connectivity index (χ3n) is 5.23. The second-order valence-electron chi connectivity index (χ2n) is 7.59. The Labute approximate surface area is 173 Å². The lowest BCUT2D eigenvalue weighted by Crippen LogP contribution is -2.44. The number of rotatable bonds is 5. The number of nitrogens with two attached hydrogens (primary N) is 1. The van der Waals surface area contributed by atoms with Gasteiger partial charge in [-0.1, -0.05) is 6.07 Å². The molecule has 0 unspecified atom stereocenters. The van der Waals surface area contributed by atoms with E-state index in [2.05, 4.69) is 24.4 Å². The normalized spacial score (nSPS) is 17.3. The number of hydrogen-bond donors (Lipinski definition) is 2. The summed E-state index contributed by atoms with van der Waals surface area (Å²) >= 11 is 1.67. The molecule has 0 saturated carbocycles. The summed E-state index contributed by atoms with van der Waals surface area (Å²) in [7, 11) is 0. The van der Waals surface area contributed by atoms with Crippen LogP contribution in [0.25, 0.3) is 20.8 Å². The summed E-state index contributed by atoms with van der Waals surface area (Å²) in [4.78, 5) is 30.5. The smallest absolute Gasteiger partial charge is 0.238 e. The van der Waals surface area contributed by atoms with Crippen LogP contribution < -0.4 is 11.1 Å². The maximum absolute atomic E-state index is 12.4. The van der Waals surface area contributed by atoms with Crippen molar-refractivity contribution in [2.75, 3.05) is 25.0 Å². The highest BCUT2D eigenvalue weighted by Crippen LogP contribution is 2.31. The second kappa shape index (κ2) is 8.31. The molecule has 7 heteroatoms. The predicted octanol–water partition coefficient (Wildman–Crippen LogP) is 3.41. The van der Waals surface area contributed by atoms with Crippen LogP contribution in [-0.2, 0) is 9.59 Å². The summed E-state index contributed by atoms with van der Waals surface area (Å²) in [5.41, 5.74) is 9.41. The molecule has 4 rings (SSSR count). The number of piperidine rings is 1. The molecule has 0 aliphatic carbocycles. The fraction of sp³-hybridized carbons (Fsp3) is 0.318. The van der Waals surface area contributed by atoms with Crippen molar-refractivity contribution in [2.45, 2.75) is 19.8 Å². The number of benzene rings is 2. The van der Waals surface area contributed by atoms with E-state index in [1.165, 1.54) is 10.3 Å². The lowest BCUT2D eigenvalue weighted by molar-refractivity contribution is -0.125. The number of anilines is 1. The zero-order chi connectivity index (χ0) is 20.4. The van der Waals surface area contributed by atoms with Crippen molar-refractivity contribution in [1.29, 1.82) is 0 Å². The standard InChI is InChI=1S/C22H24N4O2S/c1-14-4-9-18-19(11-14)29-22(25-18)15-5-7-17(8-6-15)24-20(27)13-26-10-2-3-16(12-26)21(23)28/h4-9,11,16H,2-3,10,12-13H2,1H3,(H2,23,28)(H,24,27)/t16-/m0/s1. The molecular formula is C22H24N4O2S. The first-order chi connectivity index (χ1) is 14.0. The van der Waals surface area contributed by atoms with Gasteiger partial charge in [0.15, 0.2) is 0 Å². The van der Waals surface area contributed by atoms with E-state index in [9.17, 15) is 9.59 Å². The van der Waals surface area contributed by atoms with Gasteiger partial charge in [0.2, 0.25) is 11.8 Å². The lowest BCUT2D eigenvalue weighted by atomic mass is 9.97. The van der Waals surface area contributed by atoms with Crippen LogP contribution in [0.4, 0.5) is 5.69 Å². The number of thiazole rings is 1. The van der Waals surface area contributed by atoms with Crippen molar-refractivity contribution in [3.8, 4) is 10.6 Å². The monoisotopic (exact) mass is 408 g/mol. The largest absolute Gasteiger partial charge is 0.369 e. The molecule has 2 aromatic carbocycles. The molecular weight excluding hydrogens is 384 g/mol. The van der Waals surface area contributed by atoms with Gasteiger partial charge >= 0.3 is 0 Å². The molecule has 1 aliphatic heterocycles. The average Bonchev–Trinajstić information content (AvgIpc) is 3.11. The number of nitrogens with one attached hydrogen (secondary N) is 1. The summed E-state index contributed by atoms with van der Waals surface area (Å²) in [6, 6.07) is 14.0. The molecule has 150 valence electrons. The van der Waals surface area contributed by atoms with E-state index >= 15 is 0 Å². The Morgan fingerprint density at radius 2 is 2.03 bits per heavy atom. The van der Waals surface area contributed by atoms with Crippen molar-refractivity contribution < 1.29 is 9.59 Å². The Morgan fingerprint density at radius 3 is 2.79 bits per heavy atom. The molecule has 0 radical (unpaired) electrons. The van der Waals surface area contributed by atoms with Gasteiger partial charge < -0.3 is 11.1 Å². The average molecular weight is 409 g/mol. The second-order valence-corrected chi connectivity index (χ2v) is 8.62. The minimum Gasteiger partial charge on any atom is -0.369 e. The van der Waals surface area contributed by atoms with Crippen LogP contribution in [0.2, 0.25) is 0 Å². The molecule has 0 spiro atoms. The van der Waals surface area contributed by atoms with Gasteiger partial charge in [0.25, 0.3) is 0 Å². The highest BCUT2D eigenvalue weighted by atomic mass is 32.1. The molecule has 1 aliphatic rings. The van der Waals surface area contributed by atoms with Gasteiger partial charge in [0.05, 0.1) is 22.7 Å². The zero-order valence-electron chi connectivity index (χ0n) is 16.4. The van der Waals surface area contributed by atoms with Crippen LogP contribution in [0.5, 0.6) is 0 Å². The van der Waals surface area contributed by atoms with Crippen molar-refractivity contribution >= 4 is 39.1 Å². The SMILES string of the molecule is Cc1ccc2nc(-c3ccc(NC(=O)CN4CCC[C@H](C(N)=O)C4)cc3)sc2c1. The molecule has 29 heavy (non-hydrogen) atoms. The summed E-state index contributed by atoms with van der Waals surface area (Å²) in [6.07, 6.45) is 1.69. The molecule has 2 amide bonds. The maximum atomic E-state index is 12.4. The molecule has 1 aromatic heterocycles. The van der Waals surface area contributed by atoms with Crippen molar-refractivity contribution in [3.63, 3.8) is 0 Å². The van der Waals surface area contributed by atoms with Gasteiger partial charge in [-0.2, -0.15) is 0 Å². The topological polar surface area (TPSA) is 88.3 Å². The quantitative estimate of drug-likeness (QED) is 0.677. The molecule has 0 bridgehead atoms. The first kappa shape index (κ1) is 19.5. The van der Waals surface area contributed by atoms with E-state index in [0.717, 1.165) is 41.2 Å². The molecule has 1 atom stereocenters. The van der Waals surface area contributed by atoms with Gasteiger partial charge in [-0.15, -0.1) is 11.3 Å². The number of carbonyl (C=O) groups is 2. The van der Waals surface area contributed by atoms with E-state index < -0.39 is 0 Å². The number of carbonyl (C=O) groups excluding carboxylic acids is 2. The molecule has 2 heterocycles. The maximum Gasteiger partial charge on any atom is 0.238 e. The fourth-order valence-electron chi connectivity index (χ4n) is 3.69. The van der Waals surface area contributed by atoms with Crippen molar-refractivity contribution in [3.05, 3.63) is 48.0 Å². The zero-order valence-corrected chi connectivity index (χ0v) is 17.2. The van der Waals surface area contributed by atoms with Crippen LogP contribution in [-0.4, -0.2) is 41.3 Å². The number of amides is 2. The summed E-state index contributed by atoms with van der Waals surface area (Å²) < 4.78 is 1.17. The Morgan fingerprint density at radius 1 is 1.24 bits per heavy atom. The Kier molecular flexibility index (Phi) is 5.60. The van der Waals surface area contributed by atoms with E-state index in [1.807, 2.05) is 35.2 Å². The van der Waals surface area contributed by atoms with Crippen LogP contribution in [0.1, 0.15) is 18.4 Å². The van der Waals surface area contributed by atoms with E-state index in [4.69, 9.17) is 10.7 Å². The summed E-state index contributed by atoms with van der Waals surface area (Å²) in [5, 5.41) is 3.90. The number of aryl methyl sites for hydroxylation is 1. The number of primary amides is 1. The van der Waals surface area contributed by atoms with Gasteiger partial charge in [0, 0.05) is 17.8 Å². The van der Waals surface area contributed by atoms with Crippen LogP contribution in [0.15, 0.2) is 42.5 Å². The minimum atomic E-state index is -0.282. The Bertz CT molecular complexity index is 1040. The van der Waals surface area contributed by atoms with Crippen molar-refractivity contribution in [2.24, 2.45) is 11.7 Å². The van der Waals surface area contributed by atoms with Gasteiger partial charge in [-0.25, -0.2) is 4.98 Å². The van der Waals surface area contributed by atoms with Crippen LogP contribution >= 0.6 is 11.3 Å². The lowest BCUT2D eigenvalue weighted by Gasteiger charge is -2.30. The van der Waals surface area contributed by atoms with Crippen molar-refractivity contribution in [1.82, 2.24) is 9.88 Å². The number of nitrogens with zero attached hydrogens (tertiary/aromatic N) is 2. The molecule has 1 saturated heterocycles. The predicted molar refractivity (Wildman–Crippen MR) is 117 cm³/mol. The van der Waals surface area contributed by atoms with Gasteiger partial charge in [0.1, 0.15) is 5.01 Å². The van der Waals surface area contributed by atoms with E-state index in [0.29, 0.717) is 6.54 Å². The molecule has 1 fully saturated rings. The summed E-state index contributed by atoms with van der Waals surface area (Å²) in [5.74, 6) is -0.525. The molecule has 6 nitrogen and oxygen atoms in total. The first-order valence-corrected chi connectivity index (χ1v) is 10.6. The van der Waals surface area contributed by atoms with Gasteiger partial charge in [-0.05, 0) is 68.3 Å². The van der Waals surface area contributed by atoms with Crippen LogP contribution in [0.3, 0.4) is 0 Å². The number of hydrogen-bond acceptors (Lipinski definition) is 5. The molecule has 3 N–H and O–H groups in total. The highest BCUT2D eigenvalue weighted by molar-refractivity contribution is 7.21. The first-order valence-electron chi connectivity index (χ1n) is 9.77. The third kappa shape index (κ3) is 4.63. The Hall–Kier alpha value is -2.77. The highest BCUT2D eigenvalue weighted by Gasteiger charge is 2.25. The fourth-order valence-corrected chi connectivity index (χ4v) is 4.76. The number of aromatic nitrogens is 1. The minimum absolute atomic E-state index is 0.0849. The van der Waals surface area contributed by atoms with Crippen LogP contribution in [0, 0.1) is 12.8 Å². The van der Waals surface area contributed by atoms with Gasteiger partial charge in [-0.3, -0.25) is 14.5 Å². The number of likely N-dealkylation sites (tertiary alicyclic amines) is 1.